The molecule has 1 aromatic carbocycles. The average Bonchev–Trinajstić information content (AvgIpc) is 2.47. The molecule has 3 nitrogen and oxygen atoms in total. The molecular weight excluding hydrogens is 236 g/mol. The fourth-order valence-corrected chi connectivity index (χ4v) is 2.61. The van der Waals surface area contributed by atoms with Gasteiger partial charge < -0.3 is 10.0 Å². The van der Waals surface area contributed by atoms with Crippen LogP contribution in [0.25, 0.3) is 0 Å². The Balaban J connectivity index is 1.95. The SMILES string of the molecule is C[C@H](O)c1ccc(N2CCCc3ccccc32)cn1. The number of hydrogen-bond acceptors (Lipinski definition) is 3. The van der Waals surface area contributed by atoms with Gasteiger partial charge in [0.05, 0.1) is 23.7 Å². The van der Waals surface area contributed by atoms with Crippen molar-refractivity contribution in [3.05, 3.63) is 53.9 Å². The van der Waals surface area contributed by atoms with Crippen molar-refractivity contribution in [2.75, 3.05) is 11.4 Å². The van der Waals surface area contributed by atoms with Crippen LogP contribution in [0.2, 0.25) is 0 Å². The Bertz CT molecular complexity index is 563. The Morgan fingerprint density at radius 1 is 1.21 bits per heavy atom. The van der Waals surface area contributed by atoms with Crippen LogP contribution in [0, 0.1) is 0 Å². The quantitative estimate of drug-likeness (QED) is 0.894. The average molecular weight is 254 g/mol. The number of aliphatic hydroxyl groups is 1. The predicted octanol–water partition coefficient (Wildman–Crippen LogP) is 3.22. The van der Waals surface area contributed by atoms with Crippen LogP contribution in [0.15, 0.2) is 42.6 Å². The molecule has 2 heterocycles. The van der Waals surface area contributed by atoms with E-state index in [9.17, 15) is 5.11 Å². The summed E-state index contributed by atoms with van der Waals surface area (Å²) in [4.78, 5) is 6.64. The van der Waals surface area contributed by atoms with E-state index < -0.39 is 6.10 Å². The number of hydrogen-bond donors (Lipinski definition) is 1. The maximum Gasteiger partial charge on any atom is 0.0931 e. The highest BCUT2D eigenvalue weighted by atomic mass is 16.3. The smallest absolute Gasteiger partial charge is 0.0931 e. The molecule has 0 saturated heterocycles. The zero-order valence-corrected chi connectivity index (χ0v) is 11.1. The molecule has 1 aliphatic rings. The van der Waals surface area contributed by atoms with Gasteiger partial charge in [0.2, 0.25) is 0 Å². The molecule has 0 spiro atoms. The normalized spacial score (nSPS) is 16.0. The molecule has 0 bridgehead atoms. The molecule has 98 valence electrons. The Labute approximate surface area is 113 Å². The van der Waals surface area contributed by atoms with Gasteiger partial charge in [-0.05, 0) is 43.5 Å². The third-order valence-corrected chi connectivity index (χ3v) is 3.62. The molecule has 0 radical (unpaired) electrons. The van der Waals surface area contributed by atoms with Crippen LogP contribution in [0.1, 0.15) is 30.7 Å². The number of aryl methyl sites for hydroxylation is 1. The molecule has 0 aliphatic carbocycles. The predicted molar refractivity (Wildman–Crippen MR) is 76.6 cm³/mol. The molecule has 1 aliphatic heterocycles. The molecule has 3 rings (SSSR count). The van der Waals surface area contributed by atoms with E-state index in [1.54, 1.807) is 6.92 Å². The van der Waals surface area contributed by atoms with Gasteiger partial charge in [0, 0.05) is 12.2 Å². The van der Waals surface area contributed by atoms with E-state index in [2.05, 4.69) is 34.1 Å². The van der Waals surface area contributed by atoms with E-state index in [0.29, 0.717) is 5.69 Å². The van der Waals surface area contributed by atoms with Gasteiger partial charge in [0.1, 0.15) is 0 Å². The lowest BCUT2D eigenvalue weighted by atomic mass is 10.0. The molecule has 0 amide bonds. The summed E-state index contributed by atoms with van der Waals surface area (Å²) >= 11 is 0. The molecule has 3 heteroatoms. The topological polar surface area (TPSA) is 36.4 Å². The number of anilines is 2. The first kappa shape index (κ1) is 12.2. The molecule has 0 unspecified atom stereocenters. The second-order valence-corrected chi connectivity index (χ2v) is 5.00. The van der Waals surface area contributed by atoms with Crippen LogP contribution in [0.3, 0.4) is 0 Å². The number of benzene rings is 1. The zero-order chi connectivity index (χ0) is 13.2. The number of aromatic nitrogens is 1. The standard InChI is InChI=1S/C16H18N2O/c1-12(19)15-9-8-14(11-17-15)18-10-4-6-13-5-2-3-7-16(13)18/h2-3,5,7-9,11-12,19H,4,6,10H2,1H3/t12-/m0/s1. The van der Waals surface area contributed by atoms with E-state index in [-0.39, 0.29) is 0 Å². The van der Waals surface area contributed by atoms with Crippen LogP contribution in [-0.2, 0) is 6.42 Å². The van der Waals surface area contributed by atoms with Gasteiger partial charge >= 0.3 is 0 Å². The number of aliphatic hydroxyl groups excluding tert-OH is 1. The number of fused-ring (bicyclic) bond motifs is 1. The van der Waals surface area contributed by atoms with Gasteiger partial charge in [-0.3, -0.25) is 4.98 Å². The Hall–Kier alpha value is -1.87. The van der Waals surface area contributed by atoms with Crippen LogP contribution < -0.4 is 4.90 Å². The van der Waals surface area contributed by atoms with E-state index in [1.807, 2.05) is 18.3 Å². The van der Waals surface area contributed by atoms with Crippen molar-refractivity contribution < 1.29 is 5.11 Å². The van der Waals surface area contributed by atoms with Gasteiger partial charge in [-0.2, -0.15) is 0 Å². The first-order chi connectivity index (χ1) is 9.25. The summed E-state index contributed by atoms with van der Waals surface area (Å²) < 4.78 is 0. The fourth-order valence-electron chi connectivity index (χ4n) is 2.61. The summed E-state index contributed by atoms with van der Waals surface area (Å²) in [5.41, 5.74) is 4.49. The minimum Gasteiger partial charge on any atom is -0.387 e. The first-order valence-corrected chi connectivity index (χ1v) is 6.75. The van der Waals surface area contributed by atoms with Crippen molar-refractivity contribution in [3.63, 3.8) is 0 Å². The van der Waals surface area contributed by atoms with E-state index >= 15 is 0 Å². The van der Waals surface area contributed by atoms with Gasteiger partial charge in [0.25, 0.3) is 0 Å². The summed E-state index contributed by atoms with van der Waals surface area (Å²) in [6.07, 6.45) is 3.65. The second-order valence-electron chi connectivity index (χ2n) is 5.00. The van der Waals surface area contributed by atoms with Crippen molar-refractivity contribution in [1.82, 2.24) is 4.98 Å². The maximum absolute atomic E-state index is 9.51. The number of rotatable bonds is 2. The van der Waals surface area contributed by atoms with Crippen LogP contribution in [-0.4, -0.2) is 16.6 Å². The third-order valence-electron chi connectivity index (χ3n) is 3.62. The van der Waals surface area contributed by atoms with Crippen LogP contribution in [0.4, 0.5) is 11.4 Å². The summed E-state index contributed by atoms with van der Waals surface area (Å²) in [5, 5.41) is 9.51. The van der Waals surface area contributed by atoms with Gasteiger partial charge in [-0.15, -0.1) is 0 Å². The molecular formula is C16H18N2O. The van der Waals surface area contributed by atoms with E-state index in [0.717, 1.165) is 25.1 Å². The monoisotopic (exact) mass is 254 g/mol. The lowest BCUT2D eigenvalue weighted by molar-refractivity contribution is 0.194. The molecule has 19 heavy (non-hydrogen) atoms. The number of pyridine rings is 1. The van der Waals surface area contributed by atoms with Crippen LogP contribution >= 0.6 is 0 Å². The zero-order valence-electron chi connectivity index (χ0n) is 11.1. The highest BCUT2D eigenvalue weighted by Gasteiger charge is 2.17. The van der Waals surface area contributed by atoms with Crippen molar-refractivity contribution in [1.29, 1.82) is 0 Å². The van der Waals surface area contributed by atoms with Gasteiger partial charge in [-0.25, -0.2) is 0 Å². The third kappa shape index (κ3) is 2.34. The lowest BCUT2D eigenvalue weighted by Crippen LogP contribution is -2.24. The van der Waals surface area contributed by atoms with Gasteiger partial charge in [0.15, 0.2) is 0 Å². The molecule has 1 atom stereocenters. The largest absolute Gasteiger partial charge is 0.387 e. The fraction of sp³-hybridized carbons (Fsp3) is 0.312. The Morgan fingerprint density at radius 2 is 2.05 bits per heavy atom. The summed E-state index contributed by atoms with van der Waals surface area (Å²) in [6.45, 7) is 2.75. The number of nitrogens with zero attached hydrogens (tertiary/aromatic N) is 2. The molecule has 2 aromatic rings. The maximum atomic E-state index is 9.51. The molecule has 1 N–H and O–H groups in total. The first-order valence-electron chi connectivity index (χ1n) is 6.75. The van der Waals surface area contributed by atoms with Crippen molar-refractivity contribution in [2.45, 2.75) is 25.9 Å². The van der Waals surface area contributed by atoms with Crippen LogP contribution in [0.5, 0.6) is 0 Å². The molecule has 0 saturated carbocycles. The van der Waals surface area contributed by atoms with Gasteiger partial charge in [-0.1, -0.05) is 18.2 Å². The van der Waals surface area contributed by atoms with E-state index in [4.69, 9.17) is 0 Å². The van der Waals surface area contributed by atoms with E-state index in [1.165, 1.54) is 11.3 Å². The highest BCUT2D eigenvalue weighted by Crippen LogP contribution is 2.32. The van der Waals surface area contributed by atoms with Crippen molar-refractivity contribution in [2.24, 2.45) is 0 Å². The number of para-hydroxylation sites is 1. The summed E-state index contributed by atoms with van der Waals surface area (Å²) in [6, 6.07) is 12.5. The summed E-state index contributed by atoms with van der Waals surface area (Å²) in [5.74, 6) is 0. The second kappa shape index (κ2) is 5.02. The molecule has 0 fully saturated rings. The Kier molecular flexibility index (Phi) is 3.22. The lowest BCUT2D eigenvalue weighted by Gasteiger charge is -2.31. The highest BCUT2D eigenvalue weighted by molar-refractivity contribution is 5.67. The Morgan fingerprint density at radius 3 is 2.79 bits per heavy atom. The van der Waals surface area contributed by atoms with Crippen molar-refractivity contribution in [3.8, 4) is 0 Å². The minimum absolute atomic E-state index is 0.511. The van der Waals surface area contributed by atoms with Crippen molar-refractivity contribution >= 4 is 11.4 Å². The minimum atomic E-state index is -0.511. The molecule has 1 aromatic heterocycles. The summed E-state index contributed by atoms with van der Waals surface area (Å²) in [7, 11) is 0.